The molecule has 1 aliphatic heterocycles. The molecule has 0 amide bonds. The quantitative estimate of drug-likeness (QED) is 0.522. The molecule has 2 fully saturated rings. The molecule has 1 unspecified atom stereocenters. The van der Waals surface area contributed by atoms with Crippen LogP contribution < -0.4 is 0 Å². The summed E-state index contributed by atoms with van der Waals surface area (Å²) >= 11 is 0. The third-order valence-electron chi connectivity index (χ3n) is 7.35. The standard InChI is InChI=1S/C24H38O5/c1-5-15(3)24(27)29-21-11-14(2)10-17-7-6-16(4)20(23(17)21)9-8-19-12-18(25)13-22(26)28-19/h10,14-16,18-21,23,25H,5-9,11-13H2,1-4H3/t14-,15?,16+,18-,19-,20+,21+,23+/m1/s1. The fourth-order valence-electron chi connectivity index (χ4n) is 5.49. The van der Waals surface area contributed by atoms with E-state index in [1.165, 1.54) is 5.57 Å². The van der Waals surface area contributed by atoms with Crippen molar-refractivity contribution in [2.24, 2.45) is 29.6 Å². The van der Waals surface area contributed by atoms with Crippen molar-refractivity contribution < 1.29 is 24.2 Å². The summed E-state index contributed by atoms with van der Waals surface area (Å²) in [5, 5.41) is 9.90. The number of esters is 2. The molecule has 1 N–H and O–H groups in total. The van der Waals surface area contributed by atoms with Gasteiger partial charge in [-0.2, -0.15) is 0 Å². The largest absolute Gasteiger partial charge is 0.462 e. The summed E-state index contributed by atoms with van der Waals surface area (Å²) in [6.45, 7) is 8.47. The summed E-state index contributed by atoms with van der Waals surface area (Å²) in [4.78, 5) is 24.2. The Morgan fingerprint density at radius 2 is 2.07 bits per heavy atom. The number of aliphatic hydroxyl groups excluding tert-OH is 1. The first-order chi connectivity index (χ1) is 13.8. The molecular formula is C24H38O5. The zero-order valence-electron chi connectivity index (χ0n) is 18.4. The van der Waals surface area contributed by atoms with Crippen LogP contribution in [0.15, 0.2) is 11.6 Å². The lowest BCUT2D eigenvalue weighted by atomic mass is 9.62. The van der Waals surface area contributed by atoms with Crippen LogP contribution in [-0.2, 0) is 19.1 Å². The van der Waals surface area contributed by atoms with Gasteiger partial charge in [0.2, 0.25) is 0 Å². The minimum atomic E-state index is -0.583. The van der Waals surface area contributed by atoms with Crippen LogP contribution >= 0.6 is 0 Å². The Balaban J connectivity index is 1.72. The monoisotopic (exact) mass is 406 g/mol. The van der Waals surface area contributed by atoms with E-state index in [1.54, 1.807) is 0 Å². The number of cyclic esters (lactones) is 1. The van der Waals surface area contributed by atoms with E-state index in [0.29, 0.717) is 24.2 Å². The van der Waals surface area contributed by atoms with E-state index in [2.05, 4.69) is 19.9 Å². The molecular weight excluding hydrogens is 368 g/mol. The molecule has 0 aromatic heterocycles. The number of hydrogen-bond acceptors (Lipinski definition) is 5. The third-order valence-corrected chi connectivity index (χ3v) is 7.35. The SMILES string of the molecule is CCC(C)C(=O)O[C@H]1C[C@H](C)C=C2CC[C@H](C)[C@H](CC[C@@H]3C[C@@H](O)CC(=O)O3)[C@H]21. The molecule has 1 heterocycles. The van der Waals surface area contributed by atoms with Gasteiger partial charge in [0.1, 0.15) is 12.2 Å². The van der Waals surface area contributed by atoms with Gasteiger partial charge in [-0.15, -0.1) is 0 Å². The highest BCUT2D eigenvalue weighted by Crippen LogP contribution is 2.48. The van der Waals surface area contributed by atoms with Crippen LogP contribution in [0.3, 0.4) is 0 Å². The van der Waals surface area contributed by atoms with Gasteiger partial charge < -0.3 is 14.6 Å². The van der Waals surface area contributed by atoms with Gasteiger partial charge in [0, 0.05) is 12.3 Å². The molecule has 1 saturated carbocycles. The van der Waals surface area contributed by atoms with Crippen LogP contribution in [0.4, 0.5) is 0 Å². The van der Waals surface area contributed by atoms with Crippen molar-refractivity contribution in [2.75, 3.05) is 0 Å². The van der Waals surface area contributed by atoms with Gasteiger partial charge >= 0.3 is 11.9 Å². The fraction of sp³-hybridized carbons (Fsp3) is 0.833. The van der Waals surface area contributed by atoms with Crippen LogP contribution in [0.5, 0.6) is 0 Å². The first kappa shape index (κ1) is 22.3. The number of hydrogen-bond donors (Lipinski definition) is 1. The van der Waals surface area contributed by atoms with E-state index in [4.69, 9.17) is 9.47 Å². The predicted molar refractivity (Wildman–Crippen MR) is 111 cm³/mol. The van der Waals surface area contributed by atoms with Gasteiger partial charge in [-0.05, 0) is 56.3 Å². The van der Waals surface area contributed by atoms with Gasteiger partial charge in [-0.1, -0.05) is 39.3 Å². The van der Waals surface area contributed by atoms with Gasteiger partial charge in [-0.3, -0.25) is 9.59 Å². The minimum absolute atomic E-state index is 0.0567. The van der Waals surface area contributed by atoms with Crippen LogP contribution in [0.2, 0.25) is 0 Å². The number of rotatable bonds is 6. The molecule has 8 atom stereocenters. The van der Waals surface area contributed by atoms with Gasteiger partial charge in [0.05, 0.1) is 18.4 Å². The molecule has 164 valence electrons. The molecule has 29 heavy (non-hydrogen) atoms. The van der Waals surface area contributed by atoms with Crippen molar-refractivity contribution in [2.45, 2.75) is 97.4 Å². The number of ether oxygens (including phenoxy) is 2. The lowest BCUT2D eigenvalue weighted by Gasteiger charge is -2.46. The average molecular weight is 407 g/mol. The smallest absolute Gasteiger partial charge is 0.308 e. The summed E-state index contributed by atoms with van der Waals surface area (Å²) < 4.78 is 11.6. The predicted octanol–water partition coefficient (Wildman–Crippen LogP) is 4.42. The topological polar surface area (TPSA) is 72.8 Å². The summed E-state index contributed by atoms with van der Waals surface area (Å²) in [5.41, 5.74) is 1.45. The Morgan fingerprint density at radius 3 is 2.76 bits per heavy atom. The van der Waals surface area contributed by atoms with Crippen LogP contribution in [-0.4, -0.2) is 35.4 Å². The molecule has 0 aromatic carbocycles. The summed E-state index contributed by atoms with van der Waals surface area (Å²) in [6, 6.07) is 0. The van der Waals surface area contributed by atoms with Crippen LogP contribution in [0.25, 0.3) is 0 Å². The second-order valence-electron chi connectivity index (χ2n) is 9.73. The third kappa shape index (κ3) is 5.42. The van der Waals surface area contributed by atoms with E-state index < -0.39 is 6.10 Å². The molecule has 3 rings (SSSR count). The zero-order valence-corrected chi connectivity index (χ0v) is 18.4. The Hall–Kier alpha value is -1.36. The Morgan fingerprint density at radius 1 is 1.31 bits per heavy atom. The van der Waals surface area contributed by atoms with E-state index in [-0.39, 0.29) is 42.4 Å². The first-order valence-corrected chi connectivity index (χ1v) is 11.6. The maximum absolute atomic E-state index is 12.6. The highest BCUT2D eigenvalue weighted by atomic mass is 16.5. The summed E-state index contributed by atoms with van der Waals surface area (Å²) in [5.74, 6) is 1.22. The Labute approximate surface area is 175 Å². The van der Waals surface area contributed by atoms with Gasteiger partial charge in [0.25, 0.3) is 0 Å². The molecule has 5 nitrogen and oxygen atoms in total. The van der Waals surface area contributed by atoms with E-state index in [1.807, 2.05) is 13.8 Å². The number of carbonyl (C=O) groups is 2. The van der Waals surface area contributed by atoms with Crippen molar-refractivity contribution in [3.05, 3.63) is 11.6 Å². The first-order valence-electron chi connectivity index (χ1n) is 11.6. The molecule has 5 heteroatoms. The van der Waals surface area contributed by atoms with Crippen molar-refractivity contribution in [3.8, 4) is 0 Å². The van der Waals surface area contributed by atoms with Crippen molar-refractivity contribution in [1.82, 2.24) is 0 Å². The normalized spacial score (nSPS) is 38.4. The molecule has 2 aliphatic carbocycles. The number of allylic oxidation sites excluding steroid dienone is 1. The molecule has 0 aromatic rings. The maximum atomic E-state index is 12.6. The van der Waals surface area contributed by atoms with Gasteiger partial charge in [-0.25, -0.2) is 0 Å². The lowest BCUT2D eigenvalue weighted by Crippen LogP contribution is -2.43. The van der Waals surface area contributed by atoms with Crippen molar-refractivity contribution in [3.63, 3.8) is 0 Å². The minimum Gasteiger partial charge on any atom is -0.462 e. The van der Waals surface area contributed by atoms with E-state index >= 15 is 0 Å². The number of fused-ring (bicyclic) bond motifs is 1. The Bertz CT molecular complexity index is 627. The van der Waals surface area contributed by atoms with Crippen LogP contribution in [0, 0.1) is 29.6 Å². The lowest BCUT2D eigenvalue weighted by molar-refractivity contribution is -0.162. The molecule has 3 aliphatic rings. The number of aliphatic hydroxyl groups is 1. The van der Waals surface area contributed by atoms with E-state index in [9.17, 15) is 14.7 Å². The second kappa shape index (κ2) is 9.63. The van der Waals surface area contributed by atoms with Crippen molar-refractivity contribution in [1.29, 1.82) is 0 Å². The molecule has 0 spiro atoms. The second-order valence-corrected chi connectivity index (χ2v) is 9.73. The molecule has 1 saturated heterocycles. The summed E-state index contributed by atoms with van der Waals surface area (Å²) in [7, 11) is 0. The average Bonchev–Trinajstić information content (AvgIpc) is 2.65. The van der Waals surface area contributed by atoms with Crippen LogP contribution in [0.1, 0.15) is 79.1 Å². The zero-order chi connectivity index (χ0) is 21.1. The molecule has 0 radical (unpaired) electrons. The highest BCUT2D eigenvalue weighted by Gasteiger charge is 2.43. The Kier molecular flexibility index (Phi) is 7.42. The van der Waals surface area contributed by atoms with E-state index in [0.717, 1.165) is 38.5 Å². The molecule has 0 bridgehead atoms. The number of carbonyl (C=O) groups excluding carboxylic acids is 2. The highest BCUT2D eigenvalue weighted by molar-refractivity contribution is 5.72. The van der Waals surface area contributed by atoms with Crippen molar-refractivity contribution >= 4 is 11.9 Å². The van der Waals surface area contributed by atoms with Gasteiger partial charge in [0.15, 0.2) is 0 Å². The summed E-state index contributed by atoms with van der Waals surface area (Å²) in [6.07, 6.45) is 7.82. The fourth-order valence-corrected chi connectivity index (χ4v) is 5.49. The maximum Gasteiger partial charge on any atom is 0.308 e.